The number of fused-ring (bicyclic) bond motifs is 1. The van der Waals surface area contributed by atoms with Crippen LogP contribution in [-0.4, -0.2) is 323 Å². The highest BCUT2D eigenvalue weighted by molar-refractivity contribution is 7.80. The van der Waals surface area contributed by atoms with E-state index in [4.69, 9.17) is 22.6 Å². The van der Waals surface area contributed by atoms with E-state index < -0.39 is 284 Å². The number of aliphatic hydroxyl groups excluding tert-OH is 2. The molecule has 1 aliphatic rings. The lowest BCUT2D eigenvalue weighted by molar-refractivity contribution is -0.146. The molecule has 0 bridgehead atoms. The molecule has 1 aliphatic heterocycles. The van der Waals surface area contributed by atoms with E-state index in [1.54, 1.807) is 58.2 Å². The molecule has 53 heteroatoms. The lowest BCUT2D eigenvalue weighted by atomic mass is 10.0. The average molecular weight is 1970 g/mol. The van der Waals surface area contributed by atoms with Gasteiger partial charge in [0.1, 0.15) is 102 Å². The van der Waals surface area contributed by atoms with Crippen LogP contribution in [0.3, 0.4) is 0 Å². The van der Waals surface area contributed by atoms with Gasteiger partial charge in [-0.3, -0.25) is 96.5 Å². The molecule has 16 atom stereocenters. The number of aromatic nitrogens is 3. The number of primary amides is 1. The van der Waals surface area contributed by atoms with Crippen molar-refractivity contribution in [3.63, 3.8) is 0 Å². The second-order valence-corrected chi connectivity index (χ2v) is 33.9. The van der Waals surface area contributed by atoms with Gasteiger partial charge in [0, 0.05) is 85.0 Å². The number of phenols is 1. The van der Waals surface area contributed by atoms with E-state index in [-0.39, 0.29) is 88.3 Å². The van der Waals surface area contributed by atoms with Gasteiger partial charge in [-0.15, -0.1) is 0 Å². The Balaban J connectivity index is 1.24. The van der Waals surface area contributed by atoms with E-state index in [9.17, 15) is 121 Å². The second-order valence-electron chi connectivity index (χ2n) is 32.8. The Labute approximate surface area is 796 Å². The molecule has 136 heavy (non-hydrogen) atoms. The Hall–Kier alpha value is -13.4. The molecule has 5 rings (SSSR count). The first kappa shape index (κ1) is 113. The molecule has 0 radical (unpaired) electrons. The number of carbonyl (C=O) groups excluding carboxylic acids is 18. The SMILES string of the molecule is CC(C)C[C@H](NC(=O)[C@H](CS)NC(=O)[C@H](CO)NC(=O)[C@H](CCCNC(=N)N)NC(=O)[C@H](CCC(N)=O)NC(=O)[C@H](CS)NC(=O)[C@H](C)NC(=O)CN)C(=O)N[C@@H](C)C(=O)N[C@@H](CO)C(=O)N[C@@H](CC(C)C)C(=O)N[C@@H](CC(=O)O)C(=O)N1CCC[C@H]1C(=O)N[C@@H](Cc1ccc(O)cc1)C(=O)N[C@@H](CS)C(=O)NCC(=O)N[C@@H](Cc1c[nH]c2ccccc12)C(=O)N[C@@H](Cc1cnc[nH]1)C(=O)O. The molecule has 50 nitrogen and oxygen atoms in total. The Bertz CT molecular complexity index is 4860. The summed E-state index contributed by atoms with van der Waals surface area (Å²) in [6, 6.07) is -13.0. The van der Waals surface area contributed by atoms with Crippen LogP contribution >= 0.6 is 37.9 Å². The van der Waals surface area contributed by atoms with Crippen molar-refractivity contribution in [2.75, 3.05) is 56.7 Å². The number of carboxylic acids is 2. The number of nitrogens with one attached hydrogen (secondary N) is 20. The lowest BCUT2D eigenvalue weighted by Crippen LogP contribution is -2.61. The average Bonchev–Trinajstić information content (AvgIpc) is 1.69. The van der Waals surface area contributed by atoms with Gasteiger partial charge in [0.05, 0.1) is 39.1 Å². The van der Waals surface area contributed by atoms with Crippen LogP contribution in [0, 0.1) is 17.2 Å². The zero-order valence-electron chi connectivity index (χ0n) is 75.5. The van der Waals surface area contributed by atoms with Crippen LogP contribution in [0.25, 0.3) is 10.9 Å². The number of rotatable bonds is 58. The van der Waals surface area contributed by atoms with Crippen LogP contribution in [0.1, 0.15) is 116 Å². The topological polar surface area (TPSA) is 797 Å². The summed E-state index contributed by atoms with van der Waals surface area (Å²) in [5.74, 6) is -24.0. The summed E-state index contributed by atoms with van der Waals surface area (Å²) < 4.78 is 0. The van der Waals surface area contributed by atoms with Crippen LogP contribution in [0.4, 0.5) is 0 Å². The Kier molecular flexibility index (Phi) is 47.2. The number of carbonyl (C=O) groups is 20. The molecule has 3 heterocycles. The van der Waals surface area contributed by atoms with E-state index in [0.29, 0.717) is 27.7 Å². The quantitative estimate of drug-likeness (QED) is 0.00845. The van der Waals surface area contributed by atoms with Gasteiger partial charge in [-0.25, -0.2) is 9.78 Å². The zero-order valence-corrected chi connectivity index (χ0v) is 78.1. The summed E-state index contributed by atoms with van der Waals surface area (Å²) in [4.78, 5) is 283. The number of nitrogens with two attached hydrogens (primary N) is 3. The molecule has 0 unspecified atom stereocenters. The maximum Gasteiger partial charge on any atom is 0.326 e. The fourth-order valence-corrected chi connectivity index (χ4v) is 14.6. The smallest absolute Gasteiger partial charge is 0.326 e. The van der Waals surface area contributed by atoms with Crippen LogP contribution in [0.15, 0.2) is 67.3 Å². The van der Waals surface area contributed by atoms with Gasteiger partial charge >= 0.3 is 11.9 Å². The number of aromatic amines is 2. The number of phenolic OH excluding ortho intramolecular Hbond substituents is 1. The highest BCUT2D eigenvalue weighted by atomic mass is 32.1. The van der Waals surface area contributed by atoms with E-state index in [0.717, 1.165) is 11.8 Å². The number of nitrogens with zero attached hydrogens (tertiary/aromatic N) is 2. The molecule has 1 saturated heterocycles. The fraction of sp³-hybridized carbons (Fsp3) is 0.542. The van der Waals surface area contributed by atoms with Gasteiger partial charge < -0.3 is 148 Å². The van der Waals surface area contributed by atoms with Gasteiger partial charge in [0.15, 0.2) is 5.96 Å². The van der Waals surface area contributed by atoms with Crippen LogP contribution in [0.5, 0.6) is 5.75 Å². The van der Waals surface area contributed by atoms with Crippen molar-refractivity contribution in [2.24, 2.45) is 29.0 Å². The van der Waals surface area contributed by atoms with Gasteiger partial charge in [0.2, 0.25) is 106 Å². The molecule has 0 spiro atoms. The number of aromatic hydroxyl groups is 1. The molecule has 2 aromatic heterocycles. The molecule has 4 aromatic rings. The van der Waals surface area contributed by atoms with Crippen LogP contribution in [-0.2, 0) is 115 Å². The Morgan fingerprint density at radius 2 is 0.963 bits per heavy atom. The third-order valence-corrected chi connectivity index (χ3v) is 22.1. The monoisotopic (exact) mass is 1970 g/mol. The number of carboxylic acid groups (broad SMARTS) is 2. The summed E-state index contributed by atoms with van der Waals surface area (Å²) in [7, 11) is 0. The van der Waals surface area contributed by atoms with Gasteiger partial charge in [-0.05, 0) is 100.0 Å². The predicted octanol–water partition coefficient (Wildman–Crippen LogP) is -9.04. The molecule has 2 aromatic carbocycles. The predicted molar refractivity (Wildman–Crippen MR) is 495 cm³/mol. The number of aliphatic hydroxyl groups is 2. The van der Waals surface area contributed by atoms with Crippen LogP contribution in [0.2, 0.25) is 0 Å². The molecular weight excluding hydrogens is 1840 g/mol. The fourth-order valence-electron chi connectivity index (χ4n) is 13.8. The van der Waals surface area contributed by atoms with Crippen molar-refractivity contribution in [3.8, 4) is 5.75 Å². The maximum absolute atomic E-state index is 14.7. The Morgan fingerprint density at radius 1 is 0.500 bits per heavy atom. The number of guanidine groups is 1. The number of thiol groups is 3. The molecule has 31 N–H and O–H groups in total. The molecular formula is C83H123N25O25S3. The van der Waals surface area contributed by atoms with E-state index in [1.165, 1.54) is 43.7 Å². The highest BCUT2D eigenvalue weighted by Gasteiger charge is 2.43. The molecule has 18 amide bonds. The summed E-state index contributed by atoms with van der Waals surface area (Å²) in [6.07, 6.45) is 0.969. The molecule has 0 aliphatic carbocycles. The molecule has 0 saturated carbocycles. The number of hydrogen-bond acceptors (Lipinski definition) is 29. The molecule has 748 valence electrons. The van der Waals surface area contributed by atoms with Gasteiger partial charge in [-0.2, -0.15) is 37.9 Å². The molecule has 1 fully saturated rings. The maximum atomic E-state index is 14.7. The zero-order chi connectivity index (χ0) is 101. The van der Waals surface area contributed by atoms with Crippen LogP contribution < -0.4 is 108 Å². The minimum atomic E-state index is -1.95. The van der Waals surface area contributed by atoms with E-state index in [2.05, 4.69) is 143 Å². The second kappa shape index (κ2) is 56.7. The number of benzene rings is 2. The standard InChI is InChI=1S/C83H123N25O25S3/c1-39(2)23-51(99-79(129)61(37-136)107-77(127)58(34-110)104-70(120)49(13-9-21-89-83(86)87)96-71(121)50(19-20-63(85)112)97-78(128)60(36-135)105-67(117)41(5)93-64(113)29-84)72(122)94-42(6)68(118)103-57(33-109)76(126)98-52(24-40(3)4)73(123)101-55(28-66(115)116)81(131)108-22-10-14-62(108)80(130)100-53(25-43-15-17-46(111)18-16-43)74(124)106-59(35-134)69(119)91-32-65(114)95-54(26-44-30-90-48-12-8-7-11-47(44)48)75(125)102-56(82(132)133)27-45-31-88-38-92-45/h7-8,11-12,15-18,30-31,38-42,49-62,90,109-111,134-136H,9-10,13-14,19-29,32-37,84H2,1-6H3,(H2,85,112)(H,88,92)(H,91,119)(H,93,113)(H,94,122)(H,95,114)(H,96,121)(H,97,128)(H,98,126)(H,99,129)(H,100,130)(H,101,123)(H,102,125)(H,103,118)(H,104,120)(H,105,117)(H,106,124)(H,107,127)(H,115,116)(H,132,133)(H4,86,87,89)/t41-,42-,49-,50-,51-,52-,53-,54-,55-,56-,57-,58-,59-,60-,61-,62-/m0/s1. The third kappa shape index (κ3) is 37.5. The first-order valence-corrected chi connectivity index (χ1v) is 45.2. The number of amides is 18. The lowest BCUT2D eigenvalue weighted by Gasteiger charge is -2.31. The normalized spacial score (nSPS) is 15.6. The number of H-pyrrole nitrogens is 2. The Morgan fingerprint density at radius 3 is 1.48 bits per heavy atom. The summed E-state index contributed by atoms with van der Waals surface area (Å²) >= 11 is 12.6. The summed E-state index contributed by atoms with van der Waals surface area (Å²) in [6.45, 7) is 5.24. The van der Waals surface area contributed by atoms with Crippen molar-refractivity contribution >= 4 is 173 Å². The highest BCUT2D eigenvalue weighted by Crippen LogP contribution is 2.23. The number of para-hydroxylation sites is 1. The van der Waals surface area contributed by atoms with E-state index >= 15 is 0 Å². The van der Waals surface area contributed by atoms with Gasteiger partial charge in [-0.1, -0.05) is 58.0 Å². The van der Waals surface area contributed by atoms with Crippen molar-refractivity contribution in [2.45, 2.75) is 215 Å². The van der Waals surface area contributed by atoms with Crippen molar-refractivity contribution < 1.29 is 121 Å². The number of likely N-dealkylation sites (tertiary alicyclic amines) is 1. The minimum Gasteiger partial charge on any atom is -0.508 e. The minimum absolute atomic E-state index is 0.0152. The number of imidazole rings is 1. The summed E-state index contributed by atoms with van der Waals surface area (Å²) in [5, 5.41) is 100. The van der Waals surface area contributed by atoms with Crippen molar-refractivity contribution in [1.82, 2.24) is 110 Å². The number of aliphatic carboxylic acids is 2. The van der Waals surface area contributed by atoms with Crippen molar-refractivity contribution in [1.29, 1.82) is 5.41 Å². The largest absolute Gasteiger partial charge is 0.508 e. The summed E-state index contributed by atoms with van der Waals surface area (Å²) in [5.41, 5.74) is 18.1. The van der Waals surface area contributed by atoms with E-state index in [1.807, 2.05) is 0 Å². The first-order valence-electron chi connectivity index (χ1n) is 43.3. The first-order chi connectivity index (χ1) is 64.3. The van der Waals surface area contributed by atoms with Crippen molar-refractivity contribution in [3.05, 3.63) is 84.1 Å². The number of hydrogen-bond donors (Lipinski definition) is 31. The third-order valence-electron chi connectivity index (χ3n) is 21.0. The van der Waals surface area contributed by atoms with Gasteiger partial charge in [0.25, 0.3) is 0 Å².